The first-order valence-corrected chi connectivity index (χ1v) is 10.8. The molecule has 8 heteroatoms. The van der Waals surface area contributed by atoms with Crippen LogP contribution in [0.5, 0.6) is 0 Å². The highest BCUT2D eigenvalue weighted by atomic mass is 35.5. The van der Waals surface area contributed by atoms with Crippen LogP contribution in [-0.2, 0) is 17.9 Å². The topological polar surface area (TPSA) is 78.5 Å². The molecule has 2 aliphatic rings. The fourth-order valence-electron chi connectivity index (χ4n) is 4.18. The number of anilines is 1. The molecule has 2 aromatic carbocycles. The zero-order valence-electron chi connectivity index (χ0n) is 17.4. The largest absolute Gasteiger partial charge is 0.334 e. The maximum Gasteiger partial charge on any atom is 0.319 e. The molecule has 32 heavy (non-hydrogen) atoms. The molecule has 3 amide bonds. The number of rotatable bonds is 4. The lowest BCUT2D eigenvalue weighted by atomic mass is 10.1. The Bertz CT molecular complexity index is 1120. The third-order valence-electron chi connectivity index (χ3n) is 5.81. The first kappa shape index (κ1) is 22.0. The molecule has 0 saturated heterocycles. The van der Waals surface area contributed by atoms with Gasteiger partial charge in [0, 0.05) is 30.8 Å². The van der Waals surface area contributed by atoms with Crippen LogP contribution in [0.1, 0.15) is 47.2 Å². The molecule has 1 unspecified atom stereocenters. The van der Waals surface area contributed by atoms with Crippen LogP contribution < -0.4 is 10.6 Å². The van der Waals surface area contributed by atoms with E-state index in [4.69, 9.17) is 11.6 Å². The summed E-state index contributed by atoms with van der Waals surface area (Å²) in [5, 5.41) is 5.25. The summed E-state index contributed by atoms with van der Waals surface area (Å²) in [4.78, 5) is 39.3. The predicted molar refractivity (Wildman–Crippen MR) is 120 cm³/mol. The SMILES string of the molecule is C=C1CCCC(N2Cc3cc(CNC(=O)Nc4ccc(F)c(Cl)c4)ccc3C2=O)C(=O)C1. The molecule has 4 rings (SSSR count). The molecule has 1 saturated carbocycles. The second-order valence-corrected chi connectivity index (χ2v) is 8.57. The Labute approximate surface area is 190 Å². The molecule has 2 N–H and O–H groups in total. The number of ketones is 1. The summed E-state index contributed by atoms with van der Waals surface area (Å²) < 4.78 is 13.2. The van der Waals surface area contributed by atoms with E-state index >= 15 is 0 Å². The Hall–Kier alpha value is -3.19. The first-order chi connectivity index (χ1) is 15.3. The van der Waals surface area contributed by atoms with Gasteiger partial charge in [0.2, 0.25) is 0 Å². The summed E-state index contributed by atoms with van der Waals surface area (Å²) in [5.41, 5.74) is 3.56. The average Bonchev–Trinajstić information content (AvgIpc) is 2.97. The van der Waals surface area contributed by atoms with E-state index in [-0.39, 0.29) is 23.3 Å². The molecule has 1 heterocycles. The van der Waals surface area contributed by atoms with E-state index in [2.05, 4.69) is 17.2 Å². The fraction of sp³-hybridized carbons (Fsp3) is 0.292. The predicted octanol–water partition coefficient (Wildman–Crippen LogP) is 4.82. The Morgan fingerprint density at radius 2 is 2.03 bits per heavy atom. The van der Waals surface area contributed by atoms with Gasteiger partial charge >= 0.3 is 6.03 Å². The number of benzene rings is 2. The van der Waals surface area contributed by atoms with Crippen molar-refractivity contribution in [1.82, 2.24) is 10.2 Å². The number of urea groups is 1. The first-order valence-electron chi connectivity index (χ1n) is 10.4. The summed E-state index contributed by atoms with van der Waals surface area (Å²) >= 11 is 5.73. The van der Waals surface area contributed by atoms with E-state index < -0.39 is 17.9 Å². The molecule has 0 radical (unpaired) electrons. The van der Waals surface area contributed by atoms with Crippen LogP contribution in [0.2, 0.25) is 5.02 Å². The maximum atomic E-state index is 13.2. The van der Waals surface area contributed by atoms with Crippen molar-refractivity contribution >= 4 is 35.0 Å². The number of hydrogen-bond donors (Lipinski definition) is 2. The molecule has 1 fully saturated rings. The van der Waals surface area contributed by atoms with Crippen molar-refractivity contribution in [3.05, 3.63) is 76.1 Å². The van der Waals surface area contributed by atoms with Gasteiger partial charge in [0.25, 0.3) is 5.91 Å². The number of carbonyl (C=O) groups excluding carboxylic acids is 3. The number of fused-ring (bicyclic) bond motifs is 1. The molecule has 1 aliphatic heterocycles. The van der Waals surface area contributed by atoms with Crippen molar-refractivity contribution in [2.24, 2.45) is 0 Å². The lowest BCUT2D eigenvalue weighted by Crippen LogP contribution is -2.40. The highest BCUT2D eigenvalue weighted by Crippen LogP contribution is 2.30. The van der Waals surface area contributed by atoms with Gasteiger partial charge in [0.05, 0.1) is 11.1 Å². The van der Waals surface area contributed by atoms with Gasteiger partial charge < -0.3 is 15.5 Å². The summed E-state index contributed by atoms with van der Waals surface area (Å²) in [5.74, 6) is -0.640. The third kappa shape index (κ3) is 4.67. The normalized spacial score (nSPS) is 18.4. The summed E-state index contributed by atoms with van der Waals surface area (Å²) in [6.07, 6.45) is 2.64. The number of halogens is 2. The van der Waals surface area contributed by atoms with Crippen molar-refractivity contribution in [3.63, 3.8) is 0 Å². The number of hydrogen-bond acceptors (Lipinski definition) is 3. The smallest absolute Gasteiger partial charge is 0.319 e. The number of allylic oxidation sites excluding steroid dienone is 1. The minimum Gasteiger partial charge on any atom is -0.334 e. The van der Waals surface area contributed by atoms with Crippen LogP contribution in [0.4, 0.5) is 14.9 Å². The fourth-order valence-corrected chi connectivity index (χ4v) is 4.36. The van der Waals surface area contributed by atoms with Crippen LogP contribution >= 0.6 is 11.6 Å². The summed E-state index contributed by atoms with van der Waals surface area (Å²) in [6.45, 7) is 4.56. The van der Waals surface area contributed by atoms with Gasteiger partial charge in [-0.2, -0.15) is 0 Å². The molecular formula is C24H23ClFN3O3. The quantitative estimate of drug-likeness (QED) is 0.512. The number of amides is 3. The highest BCUT2D eigenvalue weighted by Gasteiger charge is 2.36. The van der Waals surface area contributed by atoms with Crippen molar-refractivity contribution in [1.29, 1.82) is 0 Å². The Kier molecular flexibility index (Phi) is 6.28. The lowest BCUT2D eigenvalue weighted by Gasteiger charge is -2.25. The van der Waals surface area contributed by atoms with E-state index in [1.54, 1.807) is 17.0 Å². The van der Waals surface area contributed by atoms with Gasteiger partial charge in [-0.1, -0.05) is 35.9 Å². The third-order valence-corrected chi connectivity index (χ3v) is 6.10. The van der Waals surface area contributed by atoms with Gasteiger partial charge in [0.1, 0.15) is 5.82 Å². The Morgan fingerprint density at radius 1 is 1.22 bits per heavy atom. The van der Waals surface area contributed by atoms with Gasteiger partial charge in [-0.05, 0) is 54.7 Å². The Morgan fingerprint density at radius 3 is 2.81 bits per heavy atom. The van der Waals surface area contributed by atoms with E-state index in [9.17, 15) is 18.8 Å². The molecule has 166 valence electrons. The number of nitrogens with zero attached hydrogens (tertiary/aromatic N) is 1. The van der Waals surface area contributed by atoms with E-state index in [1.165, 1.54) is 18.2 Å². The van der Waals surface area contributed by atoms with E-state index in [0.717, 1.165) is 29.5 Å². The van der Waals surface area contributed by atoms with Crippen LogP contribution in [0, 0.1) is 5.82 Å². The summed E-state index contributed by atoms with van der Waals surface area (Å²) in [6, 6.07) is 8.45. The second kappa shape index (κ2) is 9.12. The molecule has 0 spiro atoms. The van der Waals surface area contributed by atoms with Crippen molar-refractivity contribution in [2.75, 3.05) is 5.32 Å². The van der Waals surface area contributed by atoms with Crippen molar-refractivity contribution < 1.29 is 18.8 Å². The molecule has 0 bridgehead atoms. The number of Topliss-reactive ketones (excluding diaryl/α,β-unsaturated/α-hetero) is 1. The minimum atomic E-state index is -0.560. The molecule has 1 atom stereocenters. The average molecular weight is 456 g/mol. The zero-order valence-corrected chi connectivity index (χ0v) is 18.2. The zero-order chi connectivity index (χ0) is 22.8. The number of nitrogens with one attached hydrogen (secondary N) is 2. The minimum absolute atomic E-state index is 0.0492. The van der Waals surface area contributed by atoms with Crippen LogP contribution in [-0.4, -0.2) is 28.7 Å². The maximum absolute atomic E-state index is 13.2. The van der Waals surface area contributed by atoms with Crippen LogP contribution in [0.3, 0.4) is 0 Å². The van der Waals surface area contributed by atoms with Gasteiger partial charge in [0.15, 0.2) is 5.78 Å². The van der Waals surface area contributed by atoms with Crippen molar-refractivity contribution in [3.8, 4) is 0 Å². The van der Waals surface area contributed by atoms with Crippen molar-refractivity contribution in [2.45, 2.75) is 44.8 Å². The molecule has 1 aliphatic carbocycles. The molecule has 0 aromatic heterocycles. The second-order valence-electron chi connectivity index (χ2n) is 8.16. The molecular weight excluding hydrogens is 433 g/mol. The van der Waals surface area contributed by atoms with Crippen LogP contribution in [0.15, 0.2) is 48.6 Å². The molecule has 2 aromatic rings. The lowest BCUT2D eigenvalue weighted by molar-refractivity contribution is -0.122. The van der Waals surface area contributed by atoms with E-state index in [1.807, 2.05) is 6.07 Å². The van der Waals surface area contributed by atoms with Crippen LogP contribution in [0.25, 0.3) is 0 Å². The van der Waals surface area contributed by atoms with Gasteiger partial charge in [-0.25, -0.2) is 9.18 Å². The monoisotopic (exact) mass is 455 g/mol. The summed E-state index contributed by atoms with van der Waals surface area (Å²) in [7, 11) is 0. The van der Waals surface area contributed by atoms with E-state index in [0.29, 0.717) is 30.6 Å². The standard InChI is InChI=1S/C24H23ClFN3O3/c1-14-3-2-4-21(22(30)9-14)29-13-16-10-15(5-7-18(16)23(29)31)12-27-24(32)28-17-6-8-20(26)19(25)11-17/h5-8,10-11,21H,1-4,9,12-13H2,(H2,27,28,32). The molecule has 6 nitrogen and oxygen atoms in total. The highest BCUT2D eigenvalue weighted by molar-refractivity contribution is 6.31. The van der Waals surface area contributed by atoms with Gasteiger partial charge in [-0.15, -0.1) is 0 Å². The number of carbonyl (C=O) groups is 3. The van der Waals surface area contributed by atoms with Gasteiger partial charge in [-0.3, -0.25) is 9.59 Å². The Balaban J connectivity index is 1.39.